The summed E-state index contributed by atoms with van der Waals surface area (Å²) in [5, 5.41) is 0. The Bertz CT molecular complexity index is 17.7. The van der Waals surface area contributed by atoms with Gasteiger partial charge in [0, 0.05) is 92.8 Å². The molecule has 0 atom stereocenters. The summed E-state index contributed by atoms with van der Waals surface area (Å²) in [4.78, 5) is 0. The van der Waals surface area contributed by atoms with Crippen LogP contribution in [0.2, 0.25) is 0 Å². The van der Waals surface area contributed by atoms with Crippen molar-refractivity contribution in [2.24, 2.45) is 0 Å². The van der Waals surface area contributed by atoms with Crippen molar-refractivity contribution in [3.63, 3.8) is 0 Å². The molecule has 0 amide bonds. The van der Waals surface area contributed by atoms with Gasteiger partial charge < -0.3 is 2.85 Å². The van der Waals surface area contributed by atoms with E-state index in [9.17, 15) is 0 Å². The first kappa shape index (κ1) is 33.6. The Hall–Kier alpha value is 4.58. The van der Waals surface area contributed by atoms with E-state index in [0.717, 1.165) is 0 Å². The molecule has 0 saturated carbocycles. The number of hydrogen-bond acceptors (Lipinski definition) is 0. The maximum absolute atomic E-state index is 0. The van der Waals surface area contributed by atoms with Gasteiger partial charge in [-0.3, -0.25) is 0 Å². The molecule has 0 heterocycles. The van der Waals surface area contributed by atoms with Crippen LogP contribution in [0.15, 0.2) is 0 Å². The van der Waals surface area contributed by atoms with Crippen LogP contribution in [0.5, 0.6) is 0 Å². The predicted molar refractivity (Wildman–Crippen MR) is 7.98 cm³/mol. The molecule has 0 unspecified atom stereocenters. The van der Waals surface area contributed by atoms with E-state index in [2.05, 4.69) is 0 Å². The zero-order chi connectivity index (χ0) is 0. The van der Waals surface area contributed by atoms with Gasteiger partial charge in [-0.25, -0.2) is 0 Å². The summed E-state index contributed by atoms with van der Waals surface area (Å²) in [6.07, 6.45) is 0. The molecule has 28 valence electrons. The van der Waals surface area contributed by atoms with Crippen LogP contribution in [0.25, 0.3) is 0 Å². The Labute approximate surface area is 140 Å². The minimum atomic E-state index is 0. The first-order valence-corrected chi connectivity index (χ1v) is 0. The van der Waals surface area contributed by atoms with E-state index in [1.54, 1.807) is 0 Å². The molecule has 5 heavy (non-hydrogen) atoms. The largest absolute Gasteiger partial charge is 2.00 e. The molecule has 5 heteroatoms. The quantitative estimate of drug-likeness (QED) is 0.465. The minimum absolute atomic E-state index is 0. The summed E-state index contributed by atoms with van der Waals surface area (Å²) in [6.45, 7) is 0. The van der Waals surface area contributed by atoms with Crippen molar-refractivity contribution >= 4 is 48.9 Å². The second kappa shape index (κ2) is 23.5. The summed E-state index contributed by atoms with van der Waals surface area (Å²) in [6, 6.07) is 0. The van der Waals surface area contributed by atoms with Crippen molar-refractivity contribution in [3.8, 4) is 0 Å². The fraction of sp³-hybridized carbons (Fsp3) is 0. The molecular formula is H2BaCoFeYZr. The van der Waals surface area contributed by atoms with Gasteiger partial charge in [-0.15, -0.1) is 0 Å². The number of hydrogen-bond donors (Lipinski definition) is 0. The third-order valence-electron chi connectivity index (χ3n) is 0. The fourth-order valence-electron chi connectivity index (χ4n) is 0. The first-order valence-electron chi connectivity index (χ1n) is 0. The smallest absolute Gasteiger partial charge is 1.00 e. The Morgan fingerprint density at radius 3 is 1.20 bits per heavy atom. The molecule has 2 radical (unpaired) electrons. The van der Waals surface area contributed by atoms with Gasteiger partial charge in [0.15, 0.2) is 0 Å². The van der Waals surface area contributed by atoms with E-state index in [0.29, 0.717) is 0 Å². The standard InChI is InChI=1S/Ba.Co.Fe.Y.Zr.2H/q+2;;;;;2*-1. The SMILES string of the molecule is [Ba+2].[Co].[Fe].[H-].[H-].[Y].[Zr]. The molecule has 0 bridgehead atoms. The molecule has 0 aliphatic rings. The van der Waals surface area contributed by atoms with Crippen molar-refractivity contribution in [1.29, 1.82) is 0 Å². The summed E-state index contributed by atoms with van der Waals surface area (Å²) in [7, 11) is 0. The van der Waals surface area contributed by atoms with E-state index in [-0.39, 0.29) is 144 Å². The Morgan fingerprint density at radius 2 is 1.20 bits per heavy atom. The molecule has 0 aliphatic heterocycles. The molecule has 0 rings (SSSR count). The van der Waals surface area contributed by atoms with Crippen LogP contribution in [-0.4, -0.2) is 48.9 Å². The van der Waals surface area contributed by atoms with Crippen LogP contribution in [0.4, 0.5) is 0 Å². The Kier molecular flexibility index (Phi) is 158. The number of rotatable bonds is 0. The molecule has 0 nitrogen and oxygen atoms in total. The molecular weight excluding hydrogens is 432 g/mol. The van der Waals surface area contributed by atoms with E-state index in [1.165, 1.54) is 0 Å². The van der Waals surface area contributed by atoms with Crippen LogP contribution >= 0.6 is 0 Å². The minimum Gasteiger partial charge on any atom is -1.00 e. The van der Waals surface area contributed by atoms with Crippen molar-refractivity contribution in [1.82, 2.24) is 0 Å². The monoisotopic (exact) mass is 434 g/mol. The molecule has 0 aromatic carbocycles. The molecule has 0 N–H and O–H groups in total. The molecule has 0 aliphatic carbocycles. The van der Waals surface area contributed by atoms with E-state index >= 15 is 0 Å². The summed E-state index contributed by atoms with van der Waals surface area (Å²) >= 11 is 0. The Morgan fingerprint density at radius 1 is 1.20 bits per heavy atom. The summed E-state index contributed by atoms with van der Waals surface area (Å²) < 4.78 is 0. The van der Waals surface area contributed by atoms with Gasteiger partial charge in [0.05, 0.1) is 0 Å². The van der Waals surface area contributed by atoms with Gasteiger partial charge in [-0.2, -0.15) is 0 Å². The molecule has 0 aromatic rings. The van der Waals surface area contributed by atoms with Crippen LogP contribution in [0.1, 0.15) is 2.85 Å². The van der Waals surface area contributed by atoms with Gasteiger partial charge in [0.1, 0.15) is 0 Å². The zero-order valence-electron chi connectivity index (χ0n) is 4.47. The van der Waals surface area contributed by atoms with Crippen LogP contribution in [0.3, 0.4) is 0 Å². The third kappa shape index (κ3) is 17.7. The second-order valence-electron chi connectivity index (χ2n) is 0. The van der Waals surface area contributed by atoms with Gasteiger partial charge >= 0.3 is 48.9 Å². The van der Waals surface area contributed by atoms with Gasteiger partial charge in [-0.05, 0) is 0 Å². The second-order valence-corrected chi connectivity index (χ2v) is 0. The van der Waals surface area contributed by atoms with E-state index in [1.807, 2.05) is 0 Å². The summed E-state index contributed by atoms with van der Waals surface area (Å²) in [5.41, 5.74) is 0. The topological polar surface area (TPSA) is 0 Å². The predicted octanol–water partition coefficient (Wildman–Crippen LogP) is -0.166. The summed E-state index contributed by atoms with van der Waals surface area (Å²) in [5.74, 6) is 0. The molecule has 0 aromatic heterocycles. The zero-order valence-corrected chi connectivity index (χ0v) is 14.4. The third-order valence-corrected chi connectivity index (χ3v) is 0. The van der Waals surface area contributed by atoms with Gasteiger partial charge in [-0.1, -0.05) is 0 Å². The average Bonchev–Trinajstić information content (AvgIpc) is 0. The van der Waals surface area contributed by atoms with Crippen LogP contribution < -0.4 is 0 Å². The van der Waals surface area contributed by atoms with Crippen molar-refractivity contribution in [3.05, 3.63) is 0 Å². The fourth-order valence-corrected chi connectivity index (χ4v) is 0. The first-order chi connectivity index (χ1) is 0. The maximum atomic E-state index is 0. The average molecular weight is 434 g/mol. The maximum Gasteiger partial charge on any atom is 2.00 e. The van der Waals surface area contributed by atoms with Gasteiger partial charge in [0.2, 0.25) is 0 Å². The van der Waals surface area contributed by atoms with E-state index < -0.39 is 0 Å². The van der Waals surface area contributed by atoms with Crippen LogP contribution in [0, 0.1) is 0 Å². The van der Waals surface area contributed by atoms with Gasteiger partial charge in [0.25, 0.3) is 0 Å². The molecule has 0 fully saturated rings. The normalized spacial score (nSPS) is 0. The van der Waals surface area contributed by atoms with Crippen LogP contribution in [-0.2, 0) is 92.8 Å². The van der Waals surface area contributed by atoms with Crippen molar-refractivity contribution in [2.45, 2.75) is 0 Å². The molecule has 0 spiro atoms. The van der Waals surface area contributed by atoms with Crippen molar-refractivity contribution in [2.75, 3.05) is 0 Å². The van der Waals surface area contributed by atoms with E-state index in [4.69, 9.17) is 0 Å². The van der Waals surface area contributed by atoms with Crippen molar-refractivity contribution < 1.29 is 95.6 Å². The molecule has 0 saturated heterocycles. The Balaban J connectivity index is 0.